The lowest BCUT2D eigenvalue weighted by molar-refractivity contribution is -0.604. The Balaban J connectivity index is 1.64. The molecule has 234 valence electrons. The molecular formula is C39H69N2+. The number of H-pyrrole nitrogens is 1. The van der Waals surface area contributed by atoms with Gasteiger partial charge in [-0.05, 0) is 25.0 Å². The molecule has 2 nitrogen and oxygen atoms in total. The monoisotopic (exact) mass is 566 g/mol. The van der Waals surface area contributed by atoms with E-state index >= 15 is 0 Å². The molecule has 2 aromatic rings. The van der Waals surface area contributed by atoms with Gasteiger partial charge in [0.2, 0.25) is 0 Å². The van der Waals surface area contributed by atoms with Gasteiger partial charge in [0, 0.05) is 0 Å². The quantitative estimate of drug-likeness (QED) is 0.0747. The highest BCUT2D eigenvalue weighted by Crippen LogP contribution is 2.27. The number of hydrogen-bond donors (Lipinski definition) is 1. The van der Waals surface area contributed by atoms with Crippen molar-refractivity contribution < 1.29 is 4.57 Å². The zero-order valence-electron chi connectivity index (χ0n) is 27.7. The Labute approximate surface area is 256 Å². The molecule has 0 saturated heterocycles. The van der Waals surface area contributed by atoms with E-state index in [2.05, 4.69) is 66.1 Å². The third kappa shape index (κ3) is 17.9. The fraction of sp³-hybridized carbons (Fsp3) is 0.769. The van der Waals surface area contributed by atoms with Crippen molar-refractivity contribution >= 4 is 0 Å². The highest BCUT2D eigenvalue weighted by Gasteiger charge is 2.23. The van der Waals surface area contributed by atoms with Gasteiger partial charge in [0.05, 0.1) is 5.92 Å². The molecule has 0 unspecified atom stereocenters. The summed E-state index contributed by atoms with van der Waals surface area (Å²) in [5.74, 6) is 2.05. The number of aromatic nitrogens is 2. The van der Waals surface area contributed by atoms with Crippen LogP contribution in [0, 0.1) is 0 Å². The SMILES string of the molecule is CCCCCCCCCCCCCCC[C@H](CCCCCCCCCCCCCC)c1[nH]cc[n+]1-c1ccccc1. The average molecular weight is 566 g/mol. The van der Waals surface area contributed by atoms with Gasteiger partial charge in [-0.2, -0.15) is 4.57 Å². The highest BCUT2D eigenvalue weighted by atomic mass is 15.1. The number of nitrogens with zero attached hydrogens (tertiary/aromatic N) is 1. The molecule has 1 aromatic heterocycles. The van der Waals surface area contributed by atoms with Crippen molar-refractivity contribution in [2.24, 2.45) is 0 Å². The summed E-state index contributed by atoms with van der Waals surface area (Å²) in [6.07, 6.45) is 42.7. The Kier molecular flexibility index (Phi) is 22.7. The Bertz CT molecular complexity index is 795. The van der Waals surface area contributed by atoms with Crippen LogP contribution in [0.3, 0.4) is 0 Å². The number of hydrogen-bond acceptors (Lipinski definition) is 0. The van der Waals surface area contributed by atoms with E-state index in [1.807, 2.05) is 0 Å². The van der Waals surface area contributed by atoms with Crippen molar-refractivity contribution in [2.75, 3.05) is 0 Å². The smallest absolute Gasteiger partial charge is 0.247 e. The van der Waals surface area contributed by atoms with E-state index in [9.17, 15) is 0 Å². The lowest BCUT2D eigenvalue weighted by Crippen LogP contribution is -2.34. The van der Waals surface area contributed by atoms with Gasteiger partial charge in [-0.1, -0.05) is 193 Å². The van der Waals surface area contributed by atoms with Crippen LogP contribution < -0.4 is 4.57 Å². The zero-order valence-corrected chi connectivity index (χ0v) is 27.7. The first-order valence-corrected chi connectivity index (χ1v) is 18.5. The van der Waals surface area contributed by atoms with Crippen molar-refractivity contribution in [3.8, 4) is 5.69 Å². The second kappa shape index (κ2) is 26.1. The second-order valence-corrected chi connectivity index (χ2v) is 13.0. The van der Waals surface area contributed by atoms with Crippen LogP contribution in [0.4, 0.5) is 0 Å². The maximum Gasteiger partial charge on any atom is 0.262 e. The van der Waals surface area contributed by atoms with Gasteiger partial charge in [-0.25, -0.2) is 4.98 Å². The second-order valence-electron chi connectivity index (χ2n) is 13.0. The maximum atomic E-state index is 3.66. The minimum absolute atomic E-state index is 0.640. The topological polar surface area (TPSA) is 19.7 Å². The third-order valence-corrected chi connectivity index (χ3v) is 9.20. The van der Waals surface area contributed by atoms with Crippen LogP contribution in [-0.2, 0) is 0 Å². The minimum Gasteiger partial charge on any atom is -0.247 e. The normalized spacial score (nSPS) is 12.2. The largest absolute Gasteiger partial charge is 0.262 e. The third-order valence-electron chi connectivity index (χ3n) is 9.20. The first-order chi connectivity index (χ1) is 20.4. The number of aromatic amines is 1. The summed E-state index contributed by atoms with van der Waals surface area (Å²) in [5.41, 5.74) is 1.29. The van der Waals surface area contributed by atoms with Crippen LogP contribution in [0.15, 0.2) is 42.7 Å². The Morgan fingerprint density at radius 3 is 1.24 bits per heavy atom. The van der Waals surface area contributed by atoms with Crippen molar-refractivity contribution in [2.45, 2.75) is 193 Å². The van der Waals surface area contributed by atoms with Gasteiger partial charge < -0.3 is 0 Å². The highest BCUT2D eigenvalue weighted by molar-refractivity contribution is 5.22. The van der Waals surface area contributed by atoms with Gasteiger partial charge >= 0.3 is 0 Å². The first-order valence-electron chi connectivity index (χ1n) is 18.5. The van der Waals surface area contributed by atoms with E-state index in [1.54, 1.807) is 0 Å². The minimum atomic E-state index is 0.640. The van der Waals surface area contributed by atoms with Crippen molar-refractivity contribution in [3.05, 3.63) is 48.5 Å². The average Bonchev–Trinajstić information content (AvgIpc) is 3.49. The summed E-state index contributed by atoms with van der Waals surface area (Å²) in [6, 6.07) is 10.9. The molecule has 1 atom stereocenters. The fourth-order valence-electron chi connectivity index (χ4n) is 6.53. The molecule has 0 aliphatic heterocycles. The summed E-state index contributed by atoms with van der Waals surface area (Å²) in [7, 11) is 0. The lowest BCUT2D eigenvalue weighted by Gasteiger charge is -2.14. The van der Waals surface area contributed by atoms with E-state index in [4.69, 9.17) is 0 Å². The molecule has 0 saturated carbocycles. The molecule has 1 aromatic carbocycles. The summed E-state index contributed by atoms with van der Waals surface area (Å²) >= 11 is 0. The standard InChI is InChI=1S/C39H68N2/c1-3-5-7-9-11-13-15-17-19-21-23-25-28-32-37(39-40-35-36-41(39)38-33-29-26-30-34-38)31-27-24-22-20-18-16-14-12-10-8-6-4-2/h26,29-30,33-37H,3-25,27-28,31-32H2,1-2H3/p+1/t37-/m0/s1. The number of rotatable bonds is 29. The lowest BCUT2D eigenvalue weighted by atomic mass is 9.93. The van der Waals surface area contributed by atoms with Crippen LogP contribution in [0.2, 0.25) is 0 Å². The van der Waals surface area contributed by atoms with Crippen molar-refractivity contribution in [3.63, 3.8) is 0 Å². The van der Waals surface area contributed by atoms with E-state index in [-0.39, 0.29) is 0 Å². The van der Waals surface area contributed by atoms with Gasteiger partial charge in [-0.3, -0.25) is 0 Å². The Hall–Kier alpha value is -1.57. The van der Waals surface area contributed by atoms with Crippen LogP contribution >= 0.6 is 0 Å². The van der Waals surface area contributed by atoms with E-state index < -0.39 is 0 Å². The molecule has 0 fully saturated rings. The van der Waals surface area contributed by atoms with Crippen LogP contribution in [0.5, 0.6) is 0 Å². The van der Waals surface area contributed by atoms with Crippen LogP contribution in [0.25, 0.3) is 5.69 Å². The molecular weight excluding hydrogens is 496 g/mol. The first kappa shape index (κ1) is 35.6. The summed E-state index contributed by atoms with van der Waals surface area (Å²) in [5, 5.41) is 0. The zero-order chi connectivity index (χ0) is 29.1. The fourth-order valence-corrected chi connectivity index (χ4v) is 6.53. The summed E-state index contributed by atoms with van der Waals surface area (Å²) in [6.45, 7) is 4.61. The molecule has 0 amide bonds. The molecule has 0 aliphatic carbocycles. The van der Waals surface area contributed by atoms with Gasteiger partial charge in [0.15, 0.2) is 0 Å². The Morgan fingerprint density at radius 1 is 0.488 bits per heavy atom. The van der Waals surface area contributed by atoms with Crippen LogP contribution in [0.1, 0.15) is 199 Å². The molecule has 0 bridgehead atoms. The van der Waals surface area contributed by atoms with Crippen LogP contribution in [-0.4, -0.2) is 4.98 Å². The van der Waals surface area contributed by atoms with Gasteiger partial charge in [0.25, 0.3) is 5.82 Å². The number of unbranched alkanes of at least 4 members (excludes halogenated alkanes) is 23. The number of nitrogens with one attached hydrogen (secondary N) is 1. The van der Waals surface area contributed by atoms with E-state index in [1.165, 1.54) is 185 Å². The van der Waals surface area contributed by atoms with Crippen molar-refractivity contribution in [1.29, 1.82) is 0 Å². The molecule has 2 heteroatoms. The maximum absolute atomic E-state index is 3.66. The molecule has 1 heterocycles. The predicted octanol–water partition coefficient (Wildman–Crippen LogP) is 12.9. The molecule has 0 spiro atoms. The van der Waals surface area contributed by atoms with Gasteiger partial charge in [-0.15, -0.1) is 0 Å². The number of para-hydroxylation sites is 1. The number of benzene rings is 1. The molecule has 1 N–H and O–H groups in total. The van der Waals surface area contributed by atoms with E-state index in [0.29, 0.717) is 5.92 Å². The molecule has 0 radical (unpaired) electrons. The molecule has 2 rings (SSSR count). The predicted molar refractivity (Wildman–Crippen MR) is 181 cm³/mol. The molecule has 41 heavy (non-hydrogen) atoms. The van der Waals surface area contributed by atoms with Crippen molar-refractivity contribution in [1.82, 2.24) is 4.98 Å². The summed E-state index contributed by atoms with van der Waals surface area (Å²) in [4.78, 5) is 3.66. The molecule has 0 aliphatic rings. The van der Waals surface area contributed by atoms with E-state index in [0.717, 1.165) is 0 Å². The number of imidazole rings is 1. The van der Waals surface area contributed by atoms with Gasteiger partial charge in [0.1, 0.15) is 18.1 Å². The Morgan fingerprint density at radius 2 is 0.854 bits per heavy atom. The summed E-state index contributed by atoms with van der Waals surface area (Å²) < 4.78 is 2.41.